The smallest absolute Gasteiger partial charge is 0.0776 e. The van der Waals surface area contributed by atoms with Gasteiger partial charge in [-0.05, 0) is 37.1 Å². The molecule has 1 unspecified atom stereocenters. The SMILES string of the molecule is Cc1cnn(-c2ccc(C(C)O)c(Cl)c2)c1. The number of benzene rings is 1. The van der Waals surface area contributed by atoms with Gasteiger partial charge in [-0.15, -0.1) is 0 Å². The topological polar surface area (TPSA) is 38.0 Å². The van der Waals surface area contributed by atoms with Crippen molar-refractivity contribution in [2.75, 3.05) is 0 Å². The zero-order chi connectivity index (χ0) is 11.7. The lowest BCUT2D eigenvalue weighted by Crippen LogP contribution is -1.97. The fraction of sp³-hybridized carbons (Fsp3) is 0.250. The molecule has 2 rings (SSSR count). The van der Waals surface area contributed by atoms with Crippen LogP contribution in [0.3, 0.4) is 0 Å². The van der Waals surface area contributed by atoms with Gasteiger partial charge >= 0.3 is 0 Å². The van der Waals surface area contributed by atoms with E-state index in [0.29, 0.717) is 5.02 Å². The summed E-state index contributed by atoms with van der Waals surface area (Å²) < 4.78 is 1.76. The van der Waals surface area contributed by atoms with Gasteiger partial charge in [0.15, 0.2) is 0 Å². The van der Waals surface area contributed by atoms with Gasteiger partial charge in [0, 0.05) is 11.2 Å². The zero-order valence-corrected chi connectivity index (χ0v) is 9.94. The summed E-state index contributed by atoms with van der Waals surface area (Å²) in [7, 11) is 0. The highest BCUT2D eigenvalue weighted by molar-refractivity contribution is 6.31. The van der Waals surface area contributed by atoms with Crippen molar-refractivity contribution < 1.29 is 5.11 Å². The van der Waals surface area contributed by atoms with Crippen LogP contribution in [-0.2, 0) is 0 Å². The lowest BCUT2D eigenvalue weighted by atomic mass is 10.1. The molecule has 1 aromatic carbocycles. The molecule has 0 aliphatic carbocycles. The normalized spacial score (nSPS) is 12.8. The number of aryl methyl sites for hydroxylation is 1. The summed E-state index contributed by atoms with van der Waals surface area (Å²) >= 11 is 6.08. The summed E-state index contributed by atoms with van der Waals surface area (Å²) in [5.74, 6) is 0. The lowest BCUT2D eigenvalue weighted by molar-refractivity contribution is 0.199. The molecule has 0 saturated carbocycles. The van der Waals surface area contributed by atoms with Crippen molar-refractivity contribution in [2.24, 2.45) is 0 Å². The van der Waals surface area contributed by atoms with Crippen molar-refractivity contribution in [3.8, 4) is 5.69 Å². The third kappa shape index (κ3) is 2.10. The molecule has 1 atom stereocenters. The second-order valence-corrected chi connectivity index (χ2v) is 4.25. The van der Waals surface area contributed by atoms with Gasteiger partial charge in [-0.1, -0.05) is 17.7 Å². The third-order valence-electron chi connectivity index (χ3n) is 2.41. The maximum atomic E-state index is 9.46. The van der Waals surface area contributed by atoms with Crippen LogP contribution in [-0.4, -0.2) is 14.9 Å². The van der Waals surface area contributed by atoms with E-state index in [1.54, 1.807) is 23.9 Å². The van der Waals surface area contributed by atoms with Crippen molar-refractivity contribution in [2.45, 2.75) is 20.0 Å². The number of rotatable bonds is 2. The van der Waals surface area contributed by atoms with E-state index in [-0.39, 0.29) is 0 Å². The van der Waals surface area contributed by atoms with E-state index in [2.05, 4.69) is 5.10 Å². The van der Waals surface area contributed by atoms with Gasteiger partial charge in [-0.25, -0.2) is 4.68 Å². The van der Waals surface area contributed by atoms with Gasteiger partial charge < -0.3 is 5.11 Å². The Morgan fingerprint density at radius 3 is 2.69 bits per heavy atom. The van der Waals surface area contributed by atoms with E-state index >= 15 is 0 Å². The van der Waals surface area contributed by atoms with Gasteiger partial charge in [-0.2, -0.15) is 5.10 Å². The van der Waals surface area contributed by atoms with Crippen LogP contribution in [0.25, 0.3) is 5.69 Å². The lowest BCUT2D eigenvalue weighted by Gasteiger charge is -2.09. The predicted octanol–water partition coefficient (Wildman–Crippen LogP) is 2.89. The van der Waals surface area contributed by atoms with Crippen LogP contribution in [0.4, 0.5) is 0 Å². The molecule has 2 aromatic rings. The van der Waals surface area contributed by atoms with Crippen LogP contribution in [0.1, 0.15) is 24.2 Å². The summed E-state index contributed by atoms with van der Waals surface area (Å²) in [6.45, 7) is 3.67. The van der Waals surface area contributed by atoms with E-state index in [1.165, 1.54) is 0 Å². The first-order valence-electron chi connectivity index (χ1n) is 5.07. The Kier molecular flexibility index (Phi) is 2.99. The Labute approximate surface area is 99.3 Å². The number of aromatic nitrogens is 2. The van der Waals surface area contributed by atoms with Gasteiger partial charge in [0.25, 0.3) is 0 Å². The van der Waals surface area contributed by atoms with E-state index in [1.807, 2.05) is 25.3 Å². The minimum absolute atomic E-state index is 0.555. The second kappa shape index (κ2) is 4.28. The maximum absolute atomic E-state index is 9.46. The number of halogens is 1. The molecule has 0 bridgehead atoms. The standard InChI is InChI=1S/C12H13ClN2O/c1-8-6-14-15(7-8)10-3-4-11(9(2)16)12(13)5-10/h3-7,9,16H,1-2H3. The van der Waals surface area contributed by atoms with E-state index in [4.69, 9.17) is 11.6 Å². The van der Waals surface area contributed by atoms with Crippen molar-refractivity contribution in [1.82, 2.24) is 9.78 Å². The largest absolute Gasteiger partial charge is 0.389 e. The van der Waals surface area contributed by atoms with Crippen LogP contribution < -0.4 is 0 Å². The molecule has 0 radical (unpaired) electrons. The van der Waals surface area contributed by atoms with Gasteiger partial charge in [0.05, 0.1) is 18.0 Å². The Bertz CT molecular complexity index is 505. The molecule has 1 heterocycles. The first kappa shape index (κ1) is 11.2. The molecule has 0 amide bonds. The summed E-state index contributed by atoms with van der Waals surface area (Å²) in [5, 5.41) is 14.2. The fourth-order valence-electron chi connectivity index (χ4n) is 1.55. The van der Waals surface area contributed by atoms with Crippen LogP contribution in [0, 0.1) is 6.92 Å². The quantitative estimate of drug-likeness (QED) is 0.871. The fourth-order valence-corrected chi connectivity index (χ4v) is 1.88. The highest BCUT2D eigenvalue weighted by Gasteiger charge is 2.08. The van der Waals surface area contributed by atoms with Crippen LogP contribution in [0.15, 0.2) is 30.6 Å². The minimum atomic E-state index is -0.555. The van der Waals surface area contributed by atoms with Crippen LogP contribution >= 0.6 is 11.6 Å². The molecule has 4 heteroatoms. The molecule has 0 fully saturated rings. The summed E-state index contributed by atoms with van der Waals surface area (Å²) in [5.41, 5.74) is 2.72. The molecule has 1 aromatic heterocycles. The van der Waals surface area contributed by atoms with Crippen molar-refractivity contribution in [3.05, 3.63) is 46.7 Å². The molecule has 0 saturated heterocycles. The van der Waals surface area contributed by atoms with E-state index in [0.717, 1.165) is 16.8 Å². The molecule has 16 heavy (non-hydrogen) atoms. The highest BCUT2D eigenvalue weighted by atomic mass is 35.5. The van der Waals surface area contributed by atoms with E-state index in [9.17, 15) is 5.11 Å². The Morgan fingerprint density at radius 1 is 1.44 bits per heavy atom. The molecule has 0 spiro atoms. The molecular weight excluding hydrogens is 224 g/mol. The third-order valence-corrected chi connectivity index (χ3v) is 2.74. The predicted molar refractivity (Wildman–Crippen MR) is 63.9 cm³/mol. The Morgan fingerprint density at radius 2 is 2.19 bits per heavy atom. The van der Waals surface area contributed by atoms with Gasteiger partial charge in [0.2, 0.25) is 0 Å². The zero-order valence-electron chi connectivity index (χ0n) is 9.18. The highest BCUT2D eigenvalue weighted by Crippen LogP contribution is 2.25. The average Bonchev–Trinajstić information content (AvgIpc) is 2.64. The number of aliphatic hydroxyl groups excluding tert-OH is 1. The van der Waals surface area contributed by atoms with Crippen LogP contribution in [0.2, 0.25) is 5.02 Å². The molecule has 0 aliphatic heterocycles. The number of hydrogen-bond donors (Lipinski definition) is 1. The van der Waals surface area contributed by atoms with E-state index < -0.39 is 6.10 Å². The number of nitrogens with zero attached hydrogens (tertiary/aromatic N) is 2. The monoisotopic (exact) mass is 236 g/mol. The number of hydrogen-bond acceptors (Lipinski definition) is 2. The Hall–Kier alpha value is -1.32. The summed E-state index contributed by atoms with van der Waals surface area (Å²) in [6, 6.07) is 5.51. The molecule has 3 nitrogen and oxygen atoms in total. The molecular formula is C12H13ClN2O. The van der Waals surface area contributed by atoms with Crippen molar-refractivity contribution in [3.63, 3.8) is 0 Å². The van der Waals surface area contributed by atoms with Crippen molar-refractivity contribution >= 4 is 11.6 Å². The van der Waals surface area contributed by atoms with Gasteiger partial charge in [-0.3, -0.25) is 0 Å². The molecule has 1 N–H and O–H groups in total. The summed E-state index contributed by atoms with van der Waals surface area (Å²) in [6.07, 6.45) is 3.16. The van der Waals surface area contributed by atoms with Crippen molar-refractivity contribution in [1.29, 1.82) is 0 Å². The minimum Gasteiger partial charge on any atom is -0.389 e. The number of aliphatic hydroxyl groups is 1. The van der Waals surface area contributed by atoms with Gasteiger partial charge in [0.1, 0.15) is 0 Å². The average molecular weight is 237 g/mol. The van der Waals surface area contributed by atoms with Crippen LogP contribution in [0.5, 0.6) is 0 Å². The second-order valence-electron chi connectivity index (χ2n) is 3.84. The Balaban J connectivity index is 2.42. The maximum Gasteiger partial charge on any atom is 0.0776 e. The summed E-state index contributed by atoms with van der Waals surface area (Å²) in [4.78, 5) is 0. The molecule has 0 aliphatic rings. The first-order valence-corrected chi connectivity index (χ1v) is 5.45. The first-order chi connectivity index (χ1) is 7.58. The molecule has 84 valence electrons.